The second-order valence-electron chi connectivity index (χ2n) is 14.8. The molecule has 82 heavy (non-hydrogen) atoms. The molecule has 0 fully saturated rings. The van der Waals surface area contributed by atoms with Crippen molar-refractivity contribution in [1.82, 2.24) is 15.0 Å². The summed E-state index contributed by atoms with van der Waals surface area (Å²) in [5, 5.41) is 56.9. The lowest BCUT2D eigenvalue weighted by molar-refractivity contribution is -0.435. The molecule has 1 aromatic heterocycles. The van der Waals surface area contributed by atoms with Crippen LogP contribution in [0.15, 0.2) is 123 Å². The molecule has 0 saturated carbocycles. The number of nitrogens with one attached hydrogen (secondary N) is 3. The van der Waals surface area contributed by atoms with E-state index in [4.69, 9.17) is 41.6 Å². The number of aromatic hydroxyl groups is 1. The average molecular weight is 1330 g/mol. The Morgan fingerprint density at radius 1 is 0.683 bits per heavy atom. The molecule has 0 saturated heterocycles. The van der Waals surface area contributed by atoms with Crippen molar-refractivity contribution < 1.29 is 117 Å². The van der Waals surface area contributed by atoms with Gasteiger partial charge in [-0.1, -0.05) is 10.1 Å². The third kappa shape index (κ3) is 18.1. The number of amides is 2. The van der Waals surface area contributed by atoms with Crippen molar-refractivity contribution in [3.63, 3.8) is 0 Å². The number of nitrogens with zero attached hydrogens (tertiary/aromatic N) is 7. The quantitative estimate of drug-likeness (QED) is 0.00670. The standard InChI is InChI=1S/C36H32ClN11O26S8/c37-33-42-35(39-17-1-5-22(26(13-17)40-34(38)50)45-46-24-7-3-19(15-29(24)80(59,60)61)78(54,55)12-10-69-82(65,66)67)44-36(43-33)41-25-8-4-20-21(32(25)81(62,63)64)16-27(76-73-70-51)30(31(20)49)48-47-23-6-2-18(14-28(23)79(56,57)58)75-72-68-9-11-77(53)74-71-52/h1-8,13-16,49,51-52H,9-12H2,(H3,38,40,50)(H,56,57,58)(H,59,60,61)(H,62,63,64)(H,65,66,67)(H2,39,41,42,43,44). The molecule has 1 heterocycles. The first-order valence-electron chi connectivity index (χ1n) is 20.7. The van der Waals surface area contributed by atoms with Crippen LogP contribution in [0.2, 0.25) is 5.28 Å². The van der Waals surface area contributed by atoms with Gasteiger partial charge in [0, 0.05) is 21.4 Å². The van der Waals surface area contributed by atoms with Crippen LogP contribution in [0.1, 0.15) is 0 Å². The zero-order valence-corrected chi connectivity index (χ0v) is 46.8. The Labute approximate surface area is 475 Å². The third-order valence-electron chi connectivity index (χ3n) is 9.46. The molecule has 6 rings (SSSR count). The molecule has 0 aliphatic carbocycles. The monoisotopic (exact) mass is 1320 g/mol. The number of azo groups is 2. The van der Waals surface area contributed by atoms with Gasteiger partial charge in [0.15, 0.2) is 26.7 Å². The Morgan fingerprint density at radius 3 is 1.95 bits per heavy atom. The summed E-state index contributed by atoms with van der Waals surface area (Å²) in [6.45, 7) is -1.43. The molecule has 2 amide bonds. The van der Waals surface area contributed by atoms with Gasteiger partial charge in [0.2, 0.25) is 17.2 Å². The van der Waals surface area contributed by atoms with E-state index in [1.165, 1.54) is 12.1 Å². The second-order valence-corrected chi connectivity index (χ2v) is 25.2. The summed E-state index contributed by atoms with van der Waals surface area (Å²) in [6, 6.07) is 10.6. The maximum atomic E-state index is 13.1. The molecule has 0 aliphatic heterocycles. The van der Waals surface area contributed by atoms with Gasteiger partial charge < -0.3 is 26.8 Å². The van der Waals surface area contributed by atoms with Gasteiger partial charge in [-0.2, -0.15) is 53.0 Å². The van der Waals surface area contributed by atoms with Crippen molar-refractivity contribution in [3.05, 3.63) is 78.1 Å². The fraction of sp³-hybridized carbons (Fsp3) is 0.111. The average Bonchev–Trinajstić information content (AvgIpc) is 1.91. The lowest BCUT2D eigenvalue weighted by Gasteiger charge is -2.15. The smallest absolute Gasteiger partial charge is 0.397 e. The minimum Gasteiger partial charge on any atom is -0.505 e. The van der Waals surface area contributed by atoms with E-state index in [1.54, 1.807) is 0 Å². The molecule has 46 heteroatoms. The van der Waals surface area contributed by atoms with Gasteiger partial charge in [-0.05, 0) is 84.4 Å². The molecule has 12 N–H and O–H groups in total. The maximum absolute atomic E-state index is 13.1. The van der Waals surface area contributed by atoms with Crippen LogP contribution < -0.4 is 21.7 Å². The van der Waals surface area contributed by atoms with Crippen LogP contribution in [0.25, 0.3) is 10.8 Å². The van der Waals surface area contributed by atoms with Crippen LogP contribution in [0, 0.1) is 0 Å². The van der Waals surface area contributed by atoms with Gasteiger partial charge in [0.05, 0.1) is 70.0 Å². The van der Waals surface area contributed by atoms with Crippen LogP contribution in [0.5, 0.6) is 5.75 Å². The number of carbonyl (C=O) groups excluding carboxylic acids is 1. The zero-order chi connectivity index (χ0) is 60.4. The summed E-state index contributed by atoms with van der Waals surface area (Å²) in [7, 11) is -25.2. The van der Waals surface area contributed by atoms with Crippen molar-refractivity contribution in [2.24, 2.45) is 26.2 Å². The first-order chi connectivity index (χ1) is 38.4. The minimum absolute atomic E-state index is 0.00593. The fourth-order valence-corrected chi connectivity index (χ4v) is 11.6. The highest BCUT2D eigenvalue weighted by Gasteiger charge is 2.27. The molecule has 0 aliphatic rings. The number of aromatic nitrogens is 3. The predicted molar refractivity (Wildman–Crippen MR) is 278 cm³/mol. The van der Waals surface area contributed by atoms with E-state index in [0.717, 1.165) is 54.6 Å². The van der Waals surface area contributed by atoms with E-state index in [1.807, 2.05) is 0 Å². The number of primary amides is 1. The van der Waals surface area contributed by atoms with Gasteiger partial charge in [-0.3, -0.25) is 18.2 Å². The minimum atomic E-state index is -5.36. The fourth-order valence-electron chi connectivity index (χ4n) is 6.29. The molecule has 0 spiro atoms. The molecule has 442 valence electrons. The first-order valence-corrected chi connectivity index (χ1v) is 31.2. The highest BCUT2D eigenvalue weighted by atomic mass is 35.5. The summed E-state index contributed by atoms with van der Waals surface area (Å²) < 4.78 is 191. The van der Waals surface area contributed by atoms with Gasteiger partial charge in [0.1, 0.15) is 37.4 Å². The Hall–Kier alpha value is -6.39. The molecule has 1 unspecified atom stereocenters. The number of phenols is 1. The normalized spacial score (nSPS) is 13.0. The lowest BCUT2D eigenvalue weighted by Crippen LogP contribution is -2.19. The topological polar surface area (TPSA) is 561 Å². The van der Waals surface area contributed by atoms with Gasteiger partial charge >= 0.3 is 16.4 Å². The largest absolute Gasteiger partial charge is 0.505 e. The summed E-state index contributed by atoms with van der Waals surface area (Å²) >= 11 is 4.59. The van der Waals surface area contributed by atoms with Crippen LogP contribution in [-0.2, 0) is 93.8 Å². The van der Waals surface area contributed by atoms with Crippen LogP contribution in [0.4, 0.5) is 56.5 Å². The number of sulfone groups is 1. The van der Waals surface area contributed by atoms with Crippen molar-refractivity contribution in [3.8, 4) is 5.75 Å². The number of halogens is 1. The number of carbonyl (C=O) groups is 1. The number of benzene rings is 5. The molecule has 1 atom stereocenters. The first kappa shape index (κ1) is 64.8. The van der Waals surface area contributed by atoms with Crippen molar-refractivity contribution in [2.45, 2.75) is 29.4 Å². The van der Waals surface area contributed by atoms with Gasteiger partial charge in [-0.15, -0.1) is 29.1 Å². The van der Waals surface area contributed by atoms with Crippen LogP contribution in [-0.4, -0.2) is 126 Å². The van der Waals surface area contributed by atoms with E-state index >= 15 is 0 Å². The van der Waals surface area contributed by atoms with E-state index in [2.05, 4.69) is 74.3 Å². The van der Waals surface area contributed by atoms with Gasteiger partial charge in [0.25, 0.3) is 30.4 Å². The van der Waals surface area contributed by atoms with E-state index < -0.39 is 156 Å². The Bertz CT molecular complexity index is 4120. The third-order valence-corrected chi connectivity index (χ3v) is 16.4. The summed E-state index contributed by atoms with van der Waals surface area (Å²) in [4.78, 5) is 24.6. The van der Waals surface area contributed by atoms with Crippen molar-refractivity contribution >= 4 is 166 Å². The van der Waals surface area contributed by atoms with E-state index in [-0.39, 0.29) is 51.7 Å². The number of hydrogen-bond acceptors (Lipinski definition) is 33. The molecule has 6 aromatic rings. The van der Waals surface area contributed by atoms with Crippen LogP contribution >= 0.6 is 35.7 Å². The molecule has 5 aromatic carbocycles. The highest BCUT2D eigenvalue weighted by Crippen LogP contribution is 2.47. The van der Waals surface area contributed by atoms with E-state index in [0.29, 0.717) is 18.1 Å². The Balaban J connectivity index is 1.29. The summed E-state index contributed by atoms with van der Waals surface area (Å²) in [5.74, 6) is -3.24. The van der Waals surface area contributed by atoms with Crippen molar-refractivity contribution in [1.29, 1.82) is 0 Å². The Kier molecular flexibility index (Phi) is 21.6. The Morgan fingerprint density at radius 2 is 1.32 bits per heavy atom. The van der Waals surface area contributed by atoms with Gasteiger partial charge in [-0.25, -0.2) is 37.0 Å². The summed E-state index contributed by atoms with van der Waals surface area (Å²) in [6.07, 6.45) is 0. The molecule has 0 bridgehead atoms. The molecule has 0 radical (unpaired) electrons. The molecule has 37 nitrogen and oxygen atoms in total. The number of hydrogen-bond donors (Lipinski definition) is 11. The van der Waals surface area contributed by atoms with Crippen molar-refractivity contribution in [2.75, 3.05) is 40.7 Å². The zero-order valence-electron chi connectivity index (χ0n) is 39.5. The number of anilines is 5. The summed E-state index contributed by atoms with van der Waals surface area (Å²) in [5.41, 5.74) is 2.54. The number of fused-ring (bicyclic) bond motifs is 1. The molecular formula is C36H32ClN11O26S8. The number of nitrogens with two attached hydrogens (primary N) is 1. The second kappa shape index (κ2) is 27.3. The number of phenolic OH excluding ortho intramolecular Hbond substituents is 1. The van der Waals surface area contributed by atoms with Crippen LogP contribution in [0.3, 0.4) is 0 Å². The maximum Gasteiger partial charge on any atom is 0.397 e. The number of rotatable bonds is 28. The highest BCUT2D eigenvalue weighted by molar-refractivity contribution is 7.95. The lowest BCUT2D eigenvalue weighted by atomic mass is 10.1. The SMILES string of the molecule is NC(=O)Nc1cc(Nc2nc(Cl)nc(Nc3ccc4c(O)c(N=Nc5ccc(SOOCCS(=O)OOO)cc5S(=O)(=O)O)c(SOOO)cc4c3S(=O)(=O)O)n2)ccc1N=Nc1ccc(S(=O)(=O)CCOS(=O)(=O)O)cc1S(=O)(=O)O. The number of urea groups is 1. The van der Waals surface area contributed by atoms with E-state index in [9.17, 15) is 69.9 Å². The molecular weight excluding hydrogens is 1290 g/mol. The predicted octanol–water partition coefficient (Wildman–Crippen LogP) is 5.99.